The van der Waals surface area contributed by atoms with Crippen LogP contribution in [0.15, 0.2) is 30.5 Å². The van der Waals surface area contributed by atoms with Crippen molar-refractivity contribution < 1.29 is 14.6 Å². The van der Waals surface area contributed by atoms with Gasteiger partial charge in [-0.3, -0.25) is 4.98 Å². The third-order valence-electron chi connectivity index (χ3n) is 2.60. The fraction of sp³-hybridized carbons (Fsp3) is 0.143. The zero-order valence-corrected chi connectivity index (χ0v) is 12.1. The number of benzene rings is 1. The van der Waals surface area contributed by atoms with E-state index in [9.17, 15) is 9.90 Å². The highest BCUT2D eigenvalue weighted by atomic mass is 35.5. The lowest BCUT2D eigenvalue weighted by Gasteiger charge is -2.09. The summed E-state index contributed by atoms with van der Waals surface area (Å²) in [5, 5.41) is 10.1. The molecule has 2 rings (SSSR count). The molecule has 0 fully saturated rings. The summed E-state index contributed by atoms with van der Waals surface area (Å²) < 4.78 is 5.24. The number of carbonyl (C=O) groups is 1. The summed E-state index contributed by atoms with van der Waals surface area (Å²) in [4.78, 5) is 15.4. The Balaban J connectivity index is 2.53. The summed E-state index contributed by atoms with van der Waals surface area (Å²) in [5.41, 5.74) is 1.11. The monoisotopic (exact) mass is 311 g/mol. The minimum absolute atomic E-state index is 0.0443. The van der Waals surface area contributed by atoms with Gasteiger partial charge in [-0.2, -0.15) is 0 Å². The van der Waals surface area contributed by atoms with E-state index in [1.807, 2.05) is 0 Å². The van der Waals surface area contributed by atoms with Crippen LogP contribution in [0.2, 0.25) is 10.0 Å². The second kappa shape index (κ2) is 6.11. The number of carboxylic acids is 1. The third-order valence-corrected chi connectivity index (χ3v) is 3.15. The average molecular weight is 312 g/mol. The molecule has 20 heavy (non-hydrogen) atoms. The first-order valence-electron chi connectivity index (χ1n) is 5.84. The molecule has 0 aliphatic heterocycles. The second-order valence-electron chi connectivity index (χ2n) is 3.93. The van der Waals surface area contributed by atoms with Crippen molar-refractivity contribution in [3.05, 3.63) is 46.1 Å². The van der Waals surface area contributed by atoms with E-state index in [1.54, 1.807) is 25.1 Å². The predicted molar refractivity (Wildman–Crippen MR) is 77.8 cm³/mol. The summed E-state index contributed by atoms with van der Waals surface area (Å²) in [7, 11) is 0. The van der Waals surface area contributed by atoms with Gasteiger partial charge in [0.25, 0.3) is 0 Å². The maximum Gasteiger partial charge on any atom is 0.339 e. The van der Waals surface area contributed by atoms with E-state index in [2.05, 4.69) is 4.98 Å². The molecule has 4 nitrogen and oxygen atoms in total. The van der Waals surface area contributed by atoms with Crippen LogP contribution in [-0.2, 0) is 0 Å². The molecule has 0 amide bonds. The quantitative estimate of drug-likeness (QED) is 0.921. The lowest BCUT2D eigenvalue weighted by Crippen LogP contribution is -2.04. The topological polar surface area (TPSA) is 59.4 Å². The summed E-state index contributed by atoms with van der Waals surface area (Å²) >= 11 is 11.9. The molecule has 1 aromatic carbocycles. The lowest BCUT2D eigenvalue weighted by atomic mass is 10.1. The lowest BCUT2D eigenvalue weighted by molar-refractivity contribution is 0.0692. The summed E-state index contributed by atoms with van der Waals surface area (Å²) in [6.45, 7) is 2.14. The summed E-state index contributed by atoms with van der Waals surface area (Å²) in [5.74, 6) is -0.851. The standard InChI is InChI=1S/C14H11Cl2NO3/c1-2-20-13-7-17-12(6-10(13)14(18)19)9-4-3-8(15)5-11(9)16/h3-7H,2H2,1H3,(H,18,19). The van der Waals surface area contributed by atoms with Gasteiger partial charge in [0.1, 0.15) is 5.56 Å². The number of ether oxygens (including phenoxy) is 1. The minimum atomic E-state index is -1.08. The first-order chi connectivity index (χ1) is 9.52. The Morgan fingerprint density at radius 1 is 1.35 bits per heavy atom. The Bertz CT molecular complexity index is 659. The van der Waals surface area contributed by atoms with Gasteiger partial charge in [0.2, 0.25) is 0 Å². The van der Waals surface area contributed by atoms with Gasteiger partial charge >= 0.3 is 5.97 Å². The molecule has 1 heterocycles. The normalized spacial score (nSPS) is 10.3. The van der Waals surface area contributed by atoms with Crippen LogP contribution >= 0.6 is 23.2 Å². The van der Waals surface area contributed by atoms with Crippen LogP contribution in [0.3, 0.4) is 0 Å². The molecule has 0 radical (unpaired) electrons. The number of carboxylic acid groups (broad SMARTS) is 1. The van der Waals surface area contributed by atoms with Crippen LogP contribution in [0.4, 0.5) is 0 Å². The predicted octanol–water partition coefficient (Wildman–Crippen LogP) is 4.15. The fourth-order valence-corrected chi connectivity index (χ4v) is 2.23. The molecule has 104 valence electrons. The number of rotatable bonds is 4. The molecule has 0 bridgehead atoms. The molecule has 6 heteroatoms. The van der Waals surface area contributed by atoms with E-state index in [1.165, 1.54) is 12.3 Å². The van der Waals surface area contributed by atoms with E-state index < -0.39 is 5.97 Å². The van der Waals surface area contributed by atoms with Crippen LogP contribution < -0.4 is 4.74 Å². The molecule has 0 aliphatic rings. The Kier molecular flexibility index (Phi) is 4.47. The van der Waals surface area contributed by atoms with Gasteiger partial charge in [-0.25, -0.2) is 4.79 Å². The van der Waals surface area contributed by atoms with Gasteiger partial charge in [-0.05, 0) is 31.2 Å². The summed E-state index contributed by atoms with van der Waals surface area (Å²) in [6.07, 6.45) is 1.38. The maximum atomic E-state index is 11.3. The molecule has 0 spiro atoms. The Morgan fingerprint density at radius 3 is 2.70 bits per heavy atom. The summed E-state index contributed by atoms with van der Waals surface area (Å²) in [6, 6.07) is 6.37. The number of hydrogen-bond acceptors (Lipinski definition) is 3. The van der Waals surface area contributed by atoms with E-state index in [4.69, 9.17) is 27.9 Å². The van der Waals surface area contributed by atoms with Gasteiger partial charge < -0.3 is 9.84 Å². The van der Waals surface area contributed by atoms with Crippen molar-refractivity contribution in [1.82, 2.24) is 4.98 Å². The zero-order valence-electron chi connectivity index (χ0n) is 10.6. The zero-order chi connectivity index (χ0) is 14.7. The fourth-order valence-electron chi connectivity index (χ4n) is 1.72. The van der Waals surface area contributed by atoms with Gasteiger partial charge in [0.15, 0.2) is 5.75 Å². The average Bonchev–Trinajstić information content (AvgIpc) is 2.39. The largest absolute Gasteiger partial charge is 0.491 e. The Labute approximate surface area is 125 Å². The number of pyridine rings is 1. The minimum Gasteiger partial charge on any atom is -0.491 e. The van der Waals surface area contributed by atoms with Gasteiger partial charge in [-0.15, -0.1) is 0 Å². The number of nitrogens with zero attached hydrogens (tertiary/aromatic N) is 1. The smallest absolute Gasteiger partial charge is 0.339 e. The van der Waals surface area contributed by atoms with Crippen molar-refractivity contribution in [2.75, 3.05) is 6.61 Å². The van der Waals surface area contributed by atoms with Crippen molar-refractivity contribution in [2.45, 2.75) is 6.92 Å². The molecular formula is C14H11Cl2NO3. The highest BCUT2D eigenvalue weighted by Crippen LogP contribution is 2.31. The molecule has 1 aromatic heterocycles. The van der Waals surface area contributed by atoms with E-state index >= 15 is 0 Å². The van der Waals surface area contributed by atoms with E-state index in [0.717, 1.165) is 0 Å². The van der Waals surface area contributed by atoms with Gasteiger partial charge in [0.05, 0.1) is 23.5 Å². The third kappa shape index (κ3) is 3.03. The van der Waals surface area contributed by atoms with Crippen LogP contribution in [-0.4, -0.2) is 22.7 Å². The van der Waals surface area contributed by atoms with Crippen molar-refractivity contribution in [3.63, 3.8) is 0 Å². The van der Waals surface area contributed by atoms with Crippen molar-refractivity contribution in [2.24, 2.45) is 0 Å². The molecule has 0 saturated heterocycles. The Hall–Kier alpha value is -1.78. The van der Waals surface area contributed by atoms with Crippen LogP contribution in [0.5, 0.6) is 5.75 Å². The van der Waals surface area contributed by atoms with Gasteiger partial charge in [-0.1, -0.05) is 23.2 Å². The SMILES string of the molecule is CCOc1cnc(-c2ccc(Cl)cc2Cl)cc1C(=O)O. The van der Waals surface area contributed by atoms with Gasteiger partial charge in [0, 0.05) is 10.6 Å². The van der Waals surface area contributed by atoms with Crippen LogP contribution in [0.25, 0.3) is 11.3 Å². The Morgan fingerprint density at radius 2 is 2.10 bits per heavy atom. The molecule has 0 unspecified atom stereocenters. The highest BCUT2D eigenvalue weighted by Gasteiger charge is 2.15. The number of hydrogen-bond donors (Lipinski definition) is 1. The van der Waals surface area contributed by atoms with E-state index in [-0.39, 0.29) is 11.3 Å². The van der Waals surface area contributed by atoms with Crippen LogP contribution in [0, 0.1) is 0 Å². The molecular weight excluding hydrogens is 301 g/mol. The molecule has 1 N–H and O–H groups in total. The van der Waals surface area contributed by atoms with Crippen molar-refractivity contribution >= 4 is 29.2 Å². The van der Waals surface area contributed by atoms with E-state index in [0.29, 0.717) is 27.9 Å². The molecule has 0 aliphatic carbocycles. The second-order valence-corrected chi connectivity index (χ2v) is 4.77. The number of halogens is 2. The van der Waals surface area contributed by atoms with Crippen molar-refractivity contribution in [1.29, 1.82) is 0 Å². The van der Waals surface area contributed by atoms with Crippen LogP contribution in [0.1, 0.15) is 17.3 Å². The number of aromatic carboxylic acids is 1. The van der Waals surface area contributed by atoms with Crippen molar-refractivity contribution in [3.8, 4) is 17.0 Å². The number of aromatic nitrogens is 1. The first-order valence-corrected chi connectivity index (χ1v) is 6.60. The molecule has 0 saturated carbocycles. The maximum absolute atomic E-state index is 11.3. The first kappa shape index (κ1) is 14.6. The molecule has 0 atom stereocenters. The molecule has 2 aromatic rings. The highest BCUT2D eigenvalue weighted by molar-refractivity contribution is 6.36.